The Labute approximate surface area is 170 Å². The van der Waals surface area contributed by atoms with Crippen molar-refractivity contribution in [2.75, 3.05) is 5.43 Å². The third kappa shape index (κ3) is 4.51. The van der Waals surface area contributed by atoms with Crippen LogP contribution in [0.4, 0.5) is 32.2 Å². The van der Waals surface area contributed by atoms with E-state index in [2.05, 4.69) is 15.8 Å². The summed E-state index contributed by atoms with van der Waals surface area (Å²) < 4.78 is 78.8. The third-order valence-corrected chi connectivity index (χ3v) is 4.20. The van der Waals surface area contributed by atoms with Gasteiger partial charge in [0.2, 0.25) is 0 Å². The number of hydrazine groups is 1. The molecule has 0 aliphatic heterocycles. The highest BCUT2D eigenvalue weighted by molar-refractivity contribution is 6.33. The van der Waals surface area contributed by atoms with E-state index in [0.717, 1.165) is 10.6 Å². The Hall–Kier alpha value is -3.21. The molecule has 158 valence electrons. The number of carbonyl (C=O) groups is 1. The first-order valence-corrected chi connectivity index (χ1v) is 8.49. The van der Waals surface area contributed by atoms with E-state index >= 15 is 0 Å². The van der Waals surface area contributed by atoms with Gasteiger partial charge in [-0.3, -0.25) is 15.6 Å². The molecule has 12 heteroatoms. The van der Waals surface area contributed by atoms with Crippen LogP contribution < -0.4 is 10.9 Å². The standard InChI is InChI=1S/C18H11ClF6N4O/c19-12-8-10(17(20,21)22)9-26-15(12)27-28-16(30)14-6-3-7-29(14)13-5-2-1-4-11(13)18(23,24)25/h1-9H,(H,26,27)(H,28,30). The first-order valence-electron chi connectivity index (χ1n) is 8.11. The molecule has 0 bridgehead atoms. The lowest BCUT2D eigenvalue weighted by atomic mass is 10.1. The minimum atomic E-state index is -4.65. The summed E-state index contributed by atoms with van der Waals surface area (Å²) in [6, 6.07) is 7.93. The average Bonchev–Trinajstić information content (AvgIpc) is 3.15. The molecule has 0 radical (unpaired) electrons. The molecule has 0 spiro atoms. The molecular weight excluding hydrogens is 438 g/mol. The largest absolute Gasteiger partial charge is 0.418 e. The number of alkyl halides is 6. The Morgan fingerprint density at radius 3 is 2.33 bits per heavy atom. The summed E-state index contributed by atoms with van der Waals surface area (Å²) in [6.45, 7) is 0. The molecule has 5 nitrogen and oxygen atoms in total. The Morgan fingerprint density at radius 2 is 1.70 bits per heavy atom. The number of nitrogens with one attached hydrogen (secondary N) is 2. The second-order valence-electron chi connectivity index (χ2n) is 5.91. The molecule has 3 aromatic rings. The number of pyridine rings is 1. The fourth-order valence-corrected chi connectivity index (χ4v) is 2.78. The summed E-state index contributed by atoms with van der Waals surface area (Å²) in [4.78, 5) is 15.9. The van der Waals surface area contributed by atoms with E-state index in [1.54, 1.807) is 0 Å². The van der Waals surface area contributed by atoms with Crippen molar-refractivity contribution in [3.05, 3.63) is 76.7 Å². The van der Waals surface area contributed by atoms with Crippen molar-refractivity contribution < 1.29 is 31.1 Å². The molecular formula is C18H11ClF6N4O. The second kappa shape index (κ2) is 7.90. The maximum Gasteiger partial charge on any atom is 0.418 e. The minimum Gasteiger partial charge on any atom is -0.312 e. The molecule has 2 heterocycles. The number of aromatic nitrogens is 2. The van der Waals surface area contributed by atoms with Crippen LogP contribution in [0.3, 0.4) is 0 Å². The van der Waals surface area contributed by atoms with E-state index in [1.165, 1.54) is 36.5 Å². The van der Waals surface area contributed by atoms with Crippen LogP contribution in [0.5, 0.6) is 0 Å². The Balaban J connectivity index is 1.82. The predicted molar refractivity (Wildman–Crippen MR) is 96.1 cm³/mol. The molecule has 30 heavy (non-hydrogen) atoms. The summed E-state index contributed by atoms with van der Waals surface area (Å²) in [7, 11) is 0. The van der Waals surface area contributed by atoms with Gasteiger partial charge in [0.1, 0.15) is 5.69 Å². The minimum absolute atomic E-state index is 0.165. The van der Waals surface area contributed by atoms with Crippen molar-refractivity contribution in [3.63, 3.8) is 0 Å². The normalized spacial score (nSPS) is 12.0. The first kappa shape index (κ1) is 21.5. The zero-order valence-electron chi connectivity index (χ0n) is 14.6. The molecule has 3 rings (SSSR count). The molecule has 0 saturated heterocycles. The summed E-state index contributed by atoms with van der Waals surface area (Å²) in [5.41, 5.74) is 1.94. The molecule has 0 aliphatic carbocycles. The van der Waals surface area contributed by atoms with Gasteiger partial charge in [-0.15, -0.1) is 0 Å². The average molecular weight is 449 g/mol. The maximum absolute atomic E-state index is 13.3. The molecule has 0 unspecified atom stereocenters. The maximum atomic E-state index is 13.3. The number of carbonyl (C=O) groups excluding carboxylic acids is 1. The van der Waals surface area contributed by atoms with E-state index in [1.807, 2.05) is 0 Å². The highest BCUT2D eigenvalue weighted by atomic mass is 35.5. The van der Waals surface area contributed by atoms with Crippen LogP contribution in [0.2, 0.25) is 5.02 Å². The Bertz CT molecular complexity index is 1080. The molecule has 0 fully saturated rings. The van der Waals surface area contributed by atoms with Crippen LogP contribution in [0.15, 0.2) is 54.9 Å². The van der Waals surface area contributed by atoms with E-state index in [0.29, 0.717) is 12.3 Å². The number of anilines is 1. The van der Waals surface area contributed by atoms with Crippen LogP contribution in [0, 0.1) is 0 Å². The van der Waals surface area contributed by atoms with Gasteiger partial charge in [-0.1, -0.05) is 23.7 Å². The van der Waals surface area contributed by atoms with Crippen molar-refractivity contribution in [2.24, 2.45) is 0 Å². The van der Waals surface area contributed by atoms with E-state index < -0.39 is 34.4 Å². The molecule has 1 aromatic carbocycles. The van der Waals surface area contributed by atoms with Gasteiger partial charge < -0.3 is 4.57 Å². The van der Waals surface area contributed by atoms with Gasteiger partial charge in [-0.2, -0.15) is 26.3 Å². The van der Waals surface area contributed by atoms with Crippen LogP contribution in [0.1, 0.15) is 21.6 Å². The number of hydrogen-bond acceptors (Lipinski definition) is 3. The highest BCUT2D eigenvalue weighted by Gasteiger charge is 2.34. The summed E-state index contributed by atoms with van der Waals surface area (Å²) in [6.07, 6.45) is -7.51. The molecule has 0 aliphatic rings. The quantitative estimate of drug-likeness (QED) is 0.419. The lowest BCUT2D eigenvalue weighted by Gasteiger charge is -2.16. The zero-order valence-corrected chi connectivity index (χ0v) is 15.4. The number of rotatable bonds is 4. The number of amides is 1. The monoisotopic (exact) mass is 448 g/mol. The van der Waals surface area contributed by atoms with Crippen LogP contribution in [-0.2, 0) is 12.4 Å². The lowest BCUT2D eigenvalue weighted by molar-refractivity contribution is -0.138. The van der Waals surface area contributed by atoms with Crippen LogP contribution >= 0.6 is 11.6 Å². The summed E-state index contributed by atoms with van der Waals surface area (Å²) >= 11 is 5.74. The molecule has 0 saturated carbocycles. The second-order valence-corrected chi connectivity index (χ2v) is 6.32. The Kier molecular flexibility index (Phi) is 5.66. The highest BCUT2D eigenvalue weighted by Crippen LogP contribution is 2.34. The van der Waals surface area contributed by atoms with Crippen molar-refractivity contribution in [1.29, 1.82) is 0 Å². The number of para-hydroxylation sites is 1. The van der Waals surface area contributed by atoms with Crippen molar-refractivity contribution in [1.82, 2.24) is 15.0 Å². The third-order valence-electron chi connectivity index (χ3n) is 3.91. The van der Waals surface area contributed by atoms with E-state index in [9.17, 15) is 31.1 Å². The zero-order chi connectivity index (χ0) is 22.1. The summed E-state index contributed by atoms with van der Waals surface area (Å²) in [5, 5.41) is -0.414. The lowest BCUT2D eigenvalue weighted by Crippen LogP contribution is -2.31. The SMILES string of the molecule is O=C(NNc1ncc(C(F)(F)F)cc1Cl)c1cccn1-c1ccccc1C(F)(F)F. The molecule has 0 atom stereocenters. The van der Waals surface area contributed by atoms with Crippen LogP contribution in [-0.4, -0.2) is 15.5 Å². The van der Waals surface area contributed by atoms with Gasteiger partial charge in [-0.05, 0) is 30.3 Å². The number of hydrogen-bond donors (Lipinski definition) is 2. The van der Waals surface area contributed by atoms with Crippen LogP contribution in [0.25, 0.3) is 5.69 Å². The fourth-order valence-electron chi connectivity index (χ4n) is 2.56. The van der Waals surface area contributed by atoms with Gasteiger partial charge in [-0.25, -0.2) is 4.98 Å². The summed E-state index contributed by atoms with van der Waals surface area (Å²) in [5.74, 6) is -1.14. The van der Waals surface area contributed by atoms with Crippen molar-refractivity contribution in [2.45, 2.75) is 12.4 Å². The Morgan fingerprint density at radius 1 is 1.00 bits per heavy atom. The molecule has 2 aromatic heterocycles. The van der Waals surface area contributed by atoms with E-state index in [-0.39, 0.29) is 17.2 Å². The van der Waals surface area contributed by atoms with Gasteiger partial charge in [0.05, 0.1) is 21.8 Å². The van der Waals surface area contributed by atoms with Gasteiger partial charge in [0.15, 0.2) is 5.82 Å². The first-order chi connectivity index (χ1) is 14.0. The topological polar surface area (TPSA) is 59.0 Å². The number of halogens is 7. The van der Waals surface area contributed by atoms with Gasteiger partial charge in [0, 0.05) is 12.4 Å². The van der Waals surface area contributed by atoms with E-state index in [4.69, 9.17) is 11.6 Å². The number of benzene rings is 1. The van der Waals surface area contributed by atoms with Gasteiger partial charge in [0.25, 0.3) is 5.91 Å². The smallest absolute Gasteiger partial charge is 0.312 e. The molecule has 2 N–H and O–H groups in total. The van der Waals surface area contributed by atoms with Crippen molar-refractivity contribution in [3.8, 4) is 5.69 Å². The number of nitrogens with zero attached hydrogens (tertiary/aromatic N) is 2. The molecule has 1 amide bonds. The fraction of sp³-hybridized carbons (Fsp3) is 0.111. The van der Waals surface area contributed by atoms with Gasteiger partial charge >= 0.3 is 12.4 Å². The van der Waals surface area contributed by atoms with Crippen molar-refractivity contribution >= 4 is 23.3 Å². The predicted octanol–water partition coefficient (Wildman–Crippen LogP) is 5.32.